The summed E-state index contributed by atoms with van der Waals surface area (Å²) in [6.07, 6.45) is 6.27. The van der Waals surface area contributed by atoms with E-state index in [0.717, 1.165) is 48.8 Å². The first-order chi connectivity index (χ1) is 17.7. The number of piperidine rings is 1. The largest absolute Gasteiger partial charge is 0.497 e. The van der Waals surface area contributed by atoms with E-state index in [9.17, 15) is 4.79 Å². The van der Waals surface area contributed by atoms with E-state index in [4.69, 9.17) is 4.74 Å². The number of rotatable bonds is 8. The summed E-state index contributed by atoms with van der Waals surface area (Å²) in [4.78, 5) is 19.5. The van der Waals surface area contributed by atoms with Crippen LogP contribution in [0.25, 0.3) is 17.2 Å². The van der Waals surface area contributed by atoms with Crippen LogP contribution < -0.4 is 15.0 Å². The van der Waals surface area contributed by atoms with Crippen molar-refractivity contribution in [1.29, 1.82) is 0 Å². The van der Waals surface area contributed by atoms with Gasteiger partial charge in [0, 0.05) is 37.6 Å². The van der Waals surface area contributed by atoms with Crippen LogP contribution in [0.2, 0.25) is 0 Å². The zero-order valence-electron chi connectivity index (χ0n) is 20.4. The molecule has 8 nitrogen and oxygen atoms in total. The third-order valence-corrected chi connectivity index (χ3v) is 6.54. The Bertz CT molecular complexity index is 1270. The summed E-state index contributed by atoms with van der Waals surface area (Å²) in [5.74, 6) is 3.19. The van der Waals surface area contributed by atoms with E-state index in [1.165, 1.54) is 5.56 Å². The molecule has 1 saturated heterocycles. The number of benzene rings is 2. The van der Waals surface area contributed by atoms with Gasteiger partial charge in [-0.1, -0.05) is 42.5 Å². The van der Waals surface area contributed by atoms with E-state index >= 15 is 0 Å². The number of carbonyl (C=O) groups is 1. The standard InChI is InChI=1S/C28H30N6O2/c1-36-24-11-9-21(10-12-24)15-16-30-28(35)23-8-5-18-33(20-23)25-13-14-26(32-31-25)34-19-17-29-27(34)22-6-3-2-4-7-22/h2-4,6-7,9-14,17,19,23H,5,8,15-16,18,20H2,1H3,(H,30,35). The Morgan fingerprint density at radius 3 is 2.56 bits per heavy atom. The van der Waals surface area contributed by atoms with Gasteiger partial charge in [0.1, 0.15) is 11.6 Å². The zero-order valence-corrected chi connectivity index (χ0v) is 20.4. The molecule has 1 fully saturated rings. The predicted octanol–water partition coefficient (Wildman–Crippen LogP) is 3.91. The number of methoxy groups -OCH3 is 1. The number of anilines is 1. The van der Waals surface area contributed by atoms with E-state index in [0.29, 0.717) is 18.9 Å². The van der Waals surface area contributed by atoms with Crippen molar-refractivity contribution in [1.82, 2.24) is 25.1 Å². The molecule has 5 rings (SSSR count). The molecule has 1 amide bonds. The number of ether oxygens (including phenoxy) is 1. The first kappa shape index (κ1) is 23.5. The van der Waals surface area contributed by atoms with Crippen LogP contribution in [-0.2, 0) is 11.2 Å². The minimum absolute atomic E-state index is 0.0607. The van der Waals surface area contributed by atoms with E-state index in [-0.39, 0.29) is 11.8 Å². The molecule has 1 aliphatic rings. The van der Waals surface area contributed by atoms with Crippen molar-refractivity contribution >= 4 is 11.7 Å². The Balaban J connectivity index is 1.18. The van der Waals surface area contributed by atoms with Gasteiger partial charge in [0.15, 0.2) is 11.6 Å². The number of nitrogens with zero attached hydrogens (tertiary/aromatic N) is 5. The van der Waals surface area contributed by atoms with Crippen molar-refractivity contribution in [3.63, 3.8) is 0 Å². The molecule has 36 heavy (non-hydrogen) atoms. The molecule has 4 aromatic rings. The first-order valence-corrected chi connectivity index (χ1v) is 12.3. The minimum Gasteiger partial charge on any atom is -0.497 e. The quantitative estimate of drug-likeness (QED) is 0.410. The van der Waals surface area contributed by atoms with Gasteiger partial charge in [-0.3, -0.25) is 9.36 Å². The van der Waals surface area contributed by atoms with Gasteiger partial charge in [-0.25, -0.2) is 4.98 Å². The van der Waals surface area contributed by atoms with Gasteiger partial charge >= 0.3 is 0 Å². The van der Waals surface area contributed by atoms with Crippen molar-refractivity contribution < 1.29 is 9.53 Å². The van der Waals surface area contributed by atoms with Crippen molar-refractivity contribution in [2.45, 2.75) is 19.3 Å². The predicted molar refractivity (Wildman–Crippen MR) is 139 cm³/mol. The summed E-state index contributed by atoms with van der Waals surface area (Å²) in [7, 11) is 1.66. The molecular formula is C28H30N6O2. The molecule has 3 heterocycles. The van der Waals surface area contributed by atoms with Crippen molar-refractivity contribution in [2.75, 3.05) is 31.6 Å². The number of hydrogen-bond acceptors (Lipinski definition) is 6. The smallest absolute Gasteiger partial charge is 0.224 e. The molecule has 8 heteroatoms. The Morgan fingerprint density at radius 2 is 1.81 bits per heavy atom. The number of nitrogens with one attached hydrogen (secondary N) is 1. The third kappa shape index (κ3) is 5.38. The number of imidazole rings is 1. The Morgan fingerprint density at radius 1 is 1.03 bits per heavy atom. The lowest BCUT2D eigenvalue weighted by atomic mass is 9.97. The highest BCUT2D eigenvalue weighted by Gasteiger charge is 2.26. The van der Waals surface area contributed by atoms with Crippen LogP contribution in [0, 0.1) is 5.92 Å². The zero-order chi connectivity index (χ0) is 24.7. The highest BCUT2D eigenvalue weighted by Crippen LogP contribution is 2.24. The monoisotopic (exact) mass is 482 g/mol. The maximum Gasteiger partial charge on any atom is 0.224 e. The van der Waals surface area contributed by atoms with Crippen molar-refractivity contribution in [2.24, 2.45) is 5.92 Å². The molecule has 1 aliphatic heterocycles. The SMILES string of the molecule is COc1ccc(CCNC(=O)C2CCCN(c3ccc(-n4ccnc4-c4ccccc4)nn3)C2)cc1. The van der Waals surface area contributed by atoms with Gasteiger partial charge in [-0.2, -0.15) is 0 Å². The fourth-order valence-electron chi connectivity index (χ4n) is 4.57. The Kier molecular flexibility index (Phi) is 7.21. The number of amides is 1. The highest BCUT2D eigenvalue weighted by molar-refractivity contribution is 5.79. The van der Waals surface area contributed by atoms with E-state index in [1.807, 2.05) is 77.5 Å². The second kappa shape index (κ2) is 11.0. The molecule has 1 atom stereocenters. The second-order valence-corrected chi connectivity index (χ2v) is 8.91. The number of aromatic nitrogens is 4. The Labute approximate surface area is 211 Å². The van der Waals surface area contributed by atoms with Crippen LogP contribution in [0.5, 0.6) is 5.75 Å². The van der Waals surface area contributed by atoms with Gasteiger partial charge in [0.05, 0.1) is 13.0 Å². The third-order valence-electron chi connectivity index (χ3n) is 6.54. The van der Waals surface area contributed by atoms with Crippen LogP contribution in [0.15, 0.2) is 79.1 Å². The average molecular weight is 483 g/mol. The summed E-state index contributed by atoms with van der Waals surface area (Å²) in [6, 6.07) is 21.9. The van der Waals surface area contributed by atoms with E-state index in [1.54, 1.807) is 13.3 Å². The summed E-state index contributed by atoms with van der Waals surface area (Å²) < 4.78 is 7.13. The average Bonchev–Trinajstić information content (AvgIpc) is 3.44. The fraction of sp³-hybridized carbons (Fsp3) is 0.286. The van der Waals surface area contributed by atoms with Gasteiger partial charge in [0.25, 0.3) is 0 Å². The van der Waals surface area contributed by atoms with Crippen LogP contribution >= 0.6 is 0 Å². The topological polar surface area (TPSA) is 85.2 Å². The van der Waals surface area contributed by atoms with Crippen LogP contribution in [-0.4, -0.2) is 52.4 Å². The molecule has 0 aliphatic carbocycles. The molecule has 184 valence electrons. The maximum atomic E-state index is 12.8. The normalized spacial score (nSPS) is 15.5. The maximum absolute atomic E-state index is 12.8. The summed E-state index contributed by atoms with van der Waals surface area (Å²) in [5, 5.41) is 12.1. The van der Waals surface area contributed by atoms with Crippen molar-refractivity contribution in [3.8, 4) is 23.0 Å². The minimum atomic E-state index is -0.0607. The van der Waals surface area contributed by atoms with Crippen LogP contribution in [0.3, 0.4) is 0 Å². The molecule has 0 spiro atoms. The van der Waals surface area contributed by atoms with E-state index < -0.39 is 0 Å². The summed E-state index contributed by atoms with van der Waals surface area (Å²) in [6.45, 7) is 2.12. The van der Waals surface area contributed by atoms with Crippen LogP contribution in [0.4, 0.5) is 5.82 Å². The molecule has 1 N–H and O–H groups in total. The summed E-state index contributed by atoms with van der Waals surface area (Å²) >= 11 is 0. The molecule has 0 saturated carbocycles. The molecular weight excluding hydrogens is 452 g/mol. The van der Waals surface area contributed by atoms with Gasteiger partial charge in [0.2, 0.25) is 5.91 Å². The van der Waals surface area contributed by atoms with Gasteiger partial charge in [-0.15, -0.1) is 10.2 Å². The van der Waals surface area contributed by atoms with Gasteiger partial charge < -0.3 is 15.0 Å². The number of carbonyl (C=O) groups excluding carboxylic acids is 1. The molecule has 2 aromatic heterocycles. The highest BCUT2D eigenvalue weighted by atomic mass is 16.5. The lowest BCUT2D eigenvalue weighted by molar-refractivity contribution is -0.125. The lowest BCUT2D eigenvalue weighted by Gasteiger charge is -2.32. The summed E-state index contributed by atoms with van der Waals surface area (Å²) in [5.41, 5.74) is 2.19. The fourth-order valence-corrected chi connectivity index (χ4v) is 4.57. The van der Waals surface area contributed by atoms with Crippen LogP contribution in [0.1, 0.15) is 18.4 Å². The van der Waals surface area contributed by atoms with Crippen molar-refractivity contribution in [3.05, 3.63) is 84.7 Å². The lowest BCUT2D eigenvalue weighted by Crippen LogP contribution is -2.43. The molecule has 0 radical (unpaired) electrons. The molecule has 1 unspecified atom stereocenters. The second-order valence-electron chi connectivity index (χ2n) is 8.91. The van der Waals surface area contributed by atoms with Gasteiger partial charge in [-0.05, 0) is 49.1 Å². The first-order valence-electron chi connectivity index (χ1n) is 12.3. The Hall–Kier alpha value is -4.20. The molecule has 0 bridgehead atoms. The molecule has 2 aromatic carbocycles. The van der Waals surface area contributed by atoms with E-state index in [2.05, 4.69) is 25.4 Å². The number of hydrogen-bond donors (Lipinski definition) is 1.